The Morgan fingerprint density at radius 2 is 1.87 bits per heavy atom. The summed E-state index contributed by atoms with van der Waals surface area (Å²) < 4.78 is 24.2. The van der Waals surface area contributed by atoms with E-state index in [2.05, 4.69) is 0 Å². The van der Waals surface area contributed by atoms with Gasteiger partial charge in [0, 0.05) is 54.5 Å². The second kappa shape index (κ2) is 8.69. The van der Waals surface area contributed by atoms with Crippen LogP contribution in [-0.4, -0.2) is 50.2 Å². The highest BCUT2D eigenvalue weighted by Gasteiger charge is 2.26. The van der Waals surface area contributed by atoms with Crippen molar-refractivity contribution in [2.24, 2.45) is 0 Å². The highest BCUT2D eigenvalue weighted by Crippen LogP contribution is 2.34. The van der Waals surface area contributed by atoms with Crippen molar-refractivity contribution in [3.63, 3.8) is 0 Å². The molecule has 1 amide bonds. The molecule has 1 aromatic heterocycles. The third-order valence-electron chi connectivity index (χ3n) is 5.62. The molecule has 0 spiro atoms. The van der Waals surface area contributed by atoms with Gasteiger partial charge in [0.15, 0.2) is 0 Å². The van der Waals surface area contributed by atoms with Gasteiger partial charge in [0.25, 0.3) is 0 Å². The number of ether oxygens (including phenoxy) is 1. The predicted octanol–water partition coefficient (Wildman–Crippen LogP) is 3.94. The van der Waals surface area contributed by atoms with Gasteiger partial charge in [-0.3, -0.25) is 4.79 Å². The van der Waals surface area contributed by atoms with Gasteiger partial charge < -0.3 is 19.0 Å². The maximum absolute atomic E-state index is 13.5. The number of hydrogen-bond acceptors (Lipinski definition) is 5. The van der Waals surface area contributed by atoms with Crippen LogP contribution in [0, 0.1) is 5.82 Å². The first kappa shape index (κ1) is 21.3. The molecule has 4 rings (SSSR count). The zero-order valence-corrected chi connectivity index (χ0v) is 18.0. The number of hydrogen-bond donors (Lipinski definition) is 0. The lowest BCUT2D eigenvalue weighted by atomic mass is 10.0. The largest absolute Gasteiger partial charge is 0.423 e. The van der Waals surface area contributed by atoms with Gasteiger partial charge in [0.1, 0.15) is 17.4 Å². The SMILES string of the molecule is C[C@H](C(=O)N1CCOCC1)N(C)c1ccc2c(-c3ccc(F)cc3Cl)cc(=O)oc2c1. The number of rotatable bonds is 4. The first-order valence-corrected chi connectivity index (χ1v) is 10.4. The number of morpholine rings is 1. The summed E-state index contributed by atoms with van der Waals surface area (Å²) in [6, 6.07) is 10.4. The smallest absolute Gasteiger partial charge is 0.336 e. The van der Waals surface area contributed by atoms with Crippen LogP contribution in [0.4, 0.5) is 10.1 Å². The number of anilines is 1. The van der Waals surface area contributed by atoms with Crippen molar-refractivity contribution in [3.8, 4) is 11.1 Å². The van der Waals surface area contributed by atoms with Crippen molar-refractivity contribution in [2.45, 2.75) is 13.0 Å². The Balaban J connectivity index is 1.69. The van der Waals surface area contributed by atoms with Crippen LogP contribution in [0.1, 0.15) is 6.92 Å². The van der Waals surface area contributed by atoms with E-state index >= 15 is 0 Å². The summed E-state index contributed by atoms with van der Waals surface area (Å²) in [5.74, 6) is -0.442. The van der Waals surface area contributed by atoms with E-state index < -0.39 is 17.5 Å². The van der Waals surface area contributed by atoms with E-state index in [4.69, 9.17) is 20.8 Å². The number of amides is 1. The zero-order valence-electron chi connectivity index (χ0n) is 17.2. The molecule has 1 saturated heterocycles. The van der Waals surface area contributed by atoms with E-state index in [0.29, 0.717) is 48.4 Å². The van der Waals surface area contributed by atoms with Gasteiger partial charge in [-0.25, -0.2) is 9.18 Å². The molecule has 0 unspecified atom stereocenters. The summed E-state index contributed by atoms with van der Waals surface area (Å²) >= 11 is 6.22. The van der Waals surface area contributed by atoms with Gasteiger partial charge in [-0.2, -0.15) is 0 Å². The van der Waals surface area contributed by atoms with Crippen LogP contribution in [0.25, 0.3) is 22.1 Å². The van der Waals surface area contributed by atoms with Crippen LogP contribution in [0.3, 0.4) is 0 Å². The highest BCUT2D eigenvalue weighted by atomic mass is 35.5. The molecule has 2 heterocycles. The van der Waals surface area contributed by atoms with Gasteiger partial charge in [-0.15, -0.1) is 0 Å². The minimum atomic E-state index is -0.542. The molecule has 8 heteroatoms. The van der Waals surface area contributed by atoms with Crippen LogP contribution < -0.4 is 10.5 Å². The first-order chi connectivity index (χ1) is 14.8. The van der Waals surface area contributed by atoms with Crippen molar-refractivity contribution in [3.05, 3.63) is 63.7 Å². The predicted molar refractivity (Wildman–Crippen MR) is 118 cm³/mol. The molecule has 162 valence electrons. The molecule has 1 aliphatic heterocycles. The molecule has 2 aromatic carbocycles. The summed E-state index contributed by atoms with van der Waals surface area (Å²) in [4.78, 5) is 28.7. The summed E-state index contributed by atoms with van der Waals surface area (Å²) in [5.41, 5.74) is 1.64. The Kier molecular flexibility index (Phi) is 5.98. The van der Waals surface area contributed by atoms with Crippen molar-refractivity contribution in [1.29, 1.82) is 0 Å². The first-order valence-electron chi connectivity index (χ1n) is 9.98. The summed E-state index contributed by atoms with van der Waals surface area (Å²) in [5, 5.41) is 0.871. The fraction of sp³-hybridized carbons (Fsp3) is 0.304. The van der Waals surface area contributed by atoms with Crippen molar-refractivity contribution in [1.82, 2.24) is 4.90 Å². The molecular formula is C23H22ClFN2O4. The normalized spacial score (nSPS) is 15.2. The average Bonchev–Trinajstić information content (AvgIpc) is 2.77. The Bertz CT molecular complexity index is 1190. The maximum Gasteiger partial charge on any atom is 0.336 e. The number of halogens is 2. The van der Waals surface area contributed by atoms with Gasteiger partial charge in [0.05, 0.1) is 18.2 Å². The van der Waals surface area contributed by atoms with E-state index in [1.807, 2.05) is 31.0 Å². The highest BCUT2D eigenvalue weighted by molar-refractivity contribution is 6.33. The van der Waals surface area contributed by atoms with Gasteiger partial charge in [-0.05, 0) is 37.3 Å². The number of carbonyl (C=O) groups excluding carboxylic acids is 1. The number of nitrogens with zero attached hydrogens (tertiary/aromatic N) is 2. The molecule has 0 bridgehead atoms. The lowest BCUT2D eigenvalue weighted by molar-refractivity contribution is -0.136. The van der Waals surface area contributed by atoms with E-state index in [1.54, 1.807) is 11.0 Å². The molecule has 1 atom stereocenters. The van der Waals surface area contributed by atoms with E-state index in [0.717, 1.165) is 5.69 Å². The third-order valence-corrected chi connectivity index (χ3v) is 5.93. The second-order valence-electron chi connectivity index (χ2n) is 7.51. The minimum absolute atomic E-state index is 0.0131. The van der Waals surface area contributed by atoms with Crippen molar-refractivity contribution in [2.75, 3.05) is 38.3 Å². The van der Waals surface area contributed by atoms with Crippen LogP contribution in [0.2, 0.25) is 5.02 Å². The summed E-state index contributed by atoms with van der Waals surface area (Å²) in [7, 11) is 1.82. The minimum Gasteiger partial charge on any atom is -0.423 e. The Hall–Kier alpha value is -2.90. The summed E-state index contributed by atoms with van der Waals surface area (Å²) in [6.45, 7) is 4.07. The third kappa shape index (κ3) is 4.29. The standard InChI is InChI=1S/C23H22ClFN2O4/c1-14(23(29)27-7-9-30-10-8-27)26(2)16-4-6-18-19(13-22(28)31-21(18)12-16)17-5-3-15(25)11-20(17)24/h3-6,11-14H,7-10H2,1-2H3/t14-/m1/s1. The van der Waals surface area contributed by atoms with Gasteiger partial charge in [-0.1, -0.05) is 11.6 Å². The Labute approximate surface area is 183 Å². The van der Waals surface area contributed by atoms with Crippen LogP contribution in [0.5, 0.6) is 0 Å². The Morgan fingerprint density at radius 3 is 2.58 bits per heavy atom. The maximum atomic E-state index is 13.5. The van der Waals surface area contributed by atoms with Crippen LogP contribution in [0.15, 0.2) is 51.7 Å². The lowest BCUT2D eigenvalue weighted by Crippen LogP contribution is -2.49. The van der Waals surface area contributed by atoms with Gasteiger partial charge >= 0.3 is 5.63 Å². The fourth-order valence-electron chi connectivity index (χ4n) is 3.74. The molecule has 0 saturated carbocycles. The van der Waals surface area contributed by atoms with Gasteiger partial charge in [0.2, 0.25) is 5.91 Å². The monoisotopic (exact) mass is 444 g/mol. The molecule has 1 aliphatic rings. The number of benzene rings is 2. The molecule has 3 aromatic rings. The molecule has 6 nitrogen and oxygen atoms in total. The van der Waals surface area contributed by atoms with E-state index in [9.17, 15) is 14.0 Å². The quantitative estimate of drug-likeness (QED) is 0.570. The van der Waals surface area contributed by atoms with Crippen LogP contribution in [-0.2, 0) is 9.53 Å². The molecule has 0 aliphatic carbocycles. The van der Waals surface area contributed by atoms with Crippen LogP contribution >= 0.6 is 11.6 Å². The molecular weight excluding hydrogens is 423 g/mol. The number of carbonyl (C=O) groups is 1. The average molecular weight is 445 g/mol. The van der Waals surface area contributed by atoms with E-state index in [1.165, 1.54) is 24.3 Å². The number of likely N-dealkylation sites (N-methyl/N-ethyl adjacent to an activating group) is 1. The molecule has 0 radical (unpaired) electrons. The molecule has 31 heavy (non-hydrogen) atoms. The Morgan fingerprint density at radius 1 is 1.13 bits per heavy atom. The van der Waals surface area contributed by atoms with Crippen molar-refractivity contribution >= 4 is 34.2 Å². The zero-order chi connectivity index (χ0) is 22.1. The molecule has 1 fully saturated rings. The number of fused-ring (bicyclic) bond motifs is 1. The topological polar surface area (TPSA) is 63.0 Å². The lowest BCUT2D eigenvalue weighted by Gasteiger charge is -2.33. The second-order valence-corrected chi connectivity index (χ2v) is 7.92. The fourth-order valence-corrected chi connectivity index (χ4v) is 4.01. The summed E-state index contributed by atoms with van der Waals surface area (Å²) in [6.07, 6.45) is 0. The van der Waals surface area contributed by atoms with E-state index in [-0.39, 0.29) is 10.9 Å². The molecule has 0 N–H and O–H groups in total. The van der Waals surface area contributed by atoms with Crippen molar-refractivity contribution < 1.29 is 18.3 Å².